The minimum Gasteiger partial charge on any atom is -0.353 e. The van der Waals surface area contributed by atoms with Gasteiger partial charge in [0.2, 0.25) is 5.95 Å². The van der Waals surface area contributed by atoms with Crippen LogP contribution in [0.15, 0.2) is 101 Å². The number of thioether (sulfide) groups is 1. The van der Waals surface area contributed by atoms with Crippen LogP contribution in [-0.2, 0) is 10.0 Å². The van der Waals surface area contributed by atoms with E-state index < -0.39 is 15.9 Å². The van der Waals surface area contributed by atoms with Gasteiger partial charge in [-0.15, -0.1) is 11.8 Å². The number of hydrogen-bond acceptors (Lipinski definition) is 8. The molecule has 4 rings (SSSR count). The molecule has 4 aromatic rings. The lowest BCUT2D eigenvalue weighted by molar-refractivity contribution is 0.0980. The molecule has 2 amide bonds. The van der Waals surface area contributed by atoms with Crippen molar-refractivity contribution in [2.45, 2.75) is 9.79 Å². The Morgan fingerprint density at radius 2 is 1.55 bits per heavy atom. The zero-order valence-electron chi connectivity index (χ0n) is 19.8. The van der Waals surface area contributed by atoms with E-state index in [9.17, 15) is 18.0 Å². The van der Waals surface area contributed by atoms with E-state index in [-0.39, 0.29) is 22.3 Å². The third-order valence-corrected chi connectivity index (χ3v) is 7.59. The third kappa shape index (κ3) is 7.54. The number of halogens is 1. The summed E-state index contributed by atoms with van der Waals surface area (Å²) in [5.41, 5.74) is 0.886. The molecule has 9 nitrogen and oxygen atoms in total. The number of nitrogens with one attached hydrogen (secondary N) is 3. The molecule has 194 valence electrons. The molecular formula is C26H22ClN5O4S2. The number of amides is 2. The zero-order chi connectivity index (χ0) is 27.0. The second-order valence-electron chi connectivity index (χ2n) is 7.81. The predicted molar refractivity (Wildman–Crippen MR) is 148 cm³/mol. The lowest BCUT2D eigenvalue weighted by Gasteiger charge is -2.09. The van der Waals surface area contributed by atoms with Crippen LogP contribution in [0.5, 0.6) is 0 Å². The second kappa shape index (κ2) is 12.5. The van der Waals surface area contributed by atoms with Gasteiger partial charge in [-0.05, 0) is 54.6 Å². The topological polar surface area (TPSA) is 130 Å². The van der Waals surface area contributed by atoms with Gasteiger partial charge in [-0.25, -0.2) is 23.1 Å². The summed E-state index contributed by atoms with van der Waals surface area (Å²) in [6.45, 7) is 0.581. The van der Waals surface area contributed by atoms with E-state index in [0.717, 1.165) is 23.0 Å². The molecule has 0 atom stereocenters. The Kier molecular flexibility index (Phi) is 8.95. The molecule has 0 saturated heterocycles. The number of aromatic nitrogens is 2. The summed E-state index contributed by atoms with van der Waals surface area (Å²) in [6.07, 6.45) is 2.26. The first-order valence-electron chi connectivity index (χ1n) is 11.3. The quantitative estimate of drug-likeness (QED) is 0.186. The van der Waals surface area contributed by atoms with E-state index in [1.807, 2.05) is 35.1 Å². The fourth-order valence-electron chi connectivity index (χ4n) is 3.17. The first-order valence-corrected chi connectivity index (χ1v) is 14.1. The van der Waals surface area contributed by atoms with Gasteiger partial charge in [-0.1, -0.05) is 35.9 Å². The van der Waals surface area contributed by atoms with Crippen molar-refractivity contribution < 1.29 is 18.0 Å². The van der Waals surface area contributed by atoms with Crippen molar-refractivity contribution in [3.8, 4) is 0 Å². The second-order valence-corrected chi connectivity index (χ2v) is 11.1. The summed E-state index contributed by atoms with van der Waals surface area (Å²) in [5, 5.41) is 6.15. The van der Waals surface area contributed by atoms with E-state index in [1.165, 1.54) is 30.3 Å². The smallest absolute Gasteiger partial charge is 0.267 e. The normalized spacial score (nSPS) is 11.0. The highest BCUT2D eigenvalue weighted by Crippen LogP contribution is 2.17. The van der Waals surface area contributed by atoms with Crippen LogP contribution in [-0.4, -0.2) is 42.5 Å². The van der Waals surface area contributed by atoms with E-state index in [0.29, 0.717) is 22.8 Å². The van der Waals surface area contributed by atoms with Gasteiger partial charge < -0.3 is 10.6 Å². The van der Waals surface area contributed by atoms with E-state index in [1.54, 1.807) is 30.0 Å². The van der Waals surface area contributed by atoms with Crippen LogP contribution in [0.1, 0.15) is 20.7 Å². The number of nitrogens with zero attached hydrogens (tertiary/aromatic N) is 2. The molecule has 0 aliphatic rings. The SMILES string of the molecule is O=C(Nc1ccc(C(=O)NS(=O)(=O)c2cnc(NCCSc3ccccc3)nc2)cc1)c1cccc(Cl)c1. The average Bonchev–Trinajstić information content (AvgIpc) is 2.92. The Hall–Kier alpha value is -3.93. The molecule has 0 radical (unpaired) electrons. The van der Waals surface area contributed by atoms with Gasteiger partial charge in [-0.2, -0.15) is 0 Å². The Morgan fingerprint density at radius 1 is 0.842 bits per heavy atom. The van der Waals surface area contributed by atoms with Gasteiger partial charge in [0.1, 0.15) is 4.90 Å². The number of rotatable bonds is 10. The summed E-state index contributed by atoms with van der Waals surface area (Å²) >= 11 is 7.58. The number of sulfonamides is 1. The average molecular weight is 568 g/mol. The van der Waals surface area contributed by atoms with Crippen LogP contribution < -0.4 is 15.4 Å². The predicted octanol–water partition coefficient (Wildman–Crippen LogP) is 4.71. The van der Waals surface area contributed by atoms with Gasteiger partial charge in [0, 0.05) is 39.0 Å². The van der Waals surface area contributed by atoms with Crippen molar-refractivity contribution in [1.82, 2.24) is 14.7 Å². The Balaban J connectivity index is 1.29. The largest absolute Gasteiger partial charge is 0.353 e. The van der Waals surface area contributed by atoms with Crippen LogP contribution in [0.3, 0.4) is 0 Å². The first-order chi connectivity index (χ1) is 18.3. The Morgan fingerprint density at radius 3 is 2.24 bits per heavy atom. The lowest BCUT2D eigenvalue weighted by Crippen LogP contribution is -2.30. The standard InChI is InChI=1S/C26H22ClN5O4S2/c27-20-6-4-5-19(15-20)24(33)31-21-11-9-18(10-12-21)25(34)32-38(35,36)23-16-29-26(30-17-23)28-13-14-37-22-7-2-1-3-8-22/h1-12,15-17H,13-14H2,(H,31,33)(H,32,34)(H,28,29,30). The summed E-state index contributed by atoms with van der Waals surface area (Å²) in [5.74, 6) is -0.163. The van der Waals surface area contributed by atoms with E-state index in [4.69, 9.17) is 11.6 Å². The van der Waals surface area contributed by atoms with Crippen molar-refractivity contribution in [1.29, 1.82) is 0 Å². The van der Waals surface area contributed by atoms with Gasteiger partial charge in [0.25, 0.3) is 21.8 Å². The Labute approximate surface area is 229 Å². The summed E-state index contributed by atoms with van der Waals surface area (Å²) in [6, 6.07) is 22.2. The first kappa shape index (κ1) is 27.1. The van der Waals surface area contributed by atoms with E-state index in [2.05, 4.69) is 20.6 Å². The minimum atomic E-state index is -4.19. The molecule has 0 bridgehead atoms. The monoisotopic (exact) mass is 567 g/mol. The fraction of sp³-hybridized carbons (Fsp3) is 0.0769. The molecule has 0 aliphatic carbocycles. The lowest BCUT2D eigenvalue weighted by atomic mass is 10.2. The van der Waals surface area contributed by atoms with Crippen LogP contribution in [0.4, 0.5) is 11.6 Å². The highest BCUT2D eigenvalue weighted by atomic mass is 35.5. The molecule has 1 heterocycles. The van der Waals surface area contributed by atoms with Gasteiger partial charge in [0.15, 0.2) is 0 Å². The highest BCUT2D eigenvalue weighted by Gasteiger charge is 2.20. The minimum absolute atomic E-state index is 0.0875. The van der Waals surface area contributed by atoms with Crippen molar-refractivity contribution in [3.05, 3.63) is 107 Å². The van der Waals surface area contributed by atoms with Gasteiger partial charge >= 0.3 is 0 Å². The van der Waals surface area contributed by atoms with E-state index >= 15 is 0 Å². The van der Waals surface area contributed by atoms with Gasteiger partial charge in [-0.3, -0.25) is 9.59 Å². The maximum atomic E-state index is 12.6. The molecule has 0 spiro atoms. The molecule has 38 heavy (non-hydrogen) atoms. The number of carbonyl (C=O) groups excluding carboxylic acids is 2. The fourth-order valence-corrected chi connectivity index (χ4v) is 5.01. The van der Waals surface area contributed by atoms with Crippen molar-refractivity contribution in [2.24, 2.45) is 0 Å². The van der Waals surface area contributed by atoms with Crippen molar-refractivity contribution in [2.75, 3.05) is 22.9 Å². The van der Waals surface area contributed by atoms with Gasteiger partial charge in [0.05, 0.1) is 12.4 Å². The summed E-state index contributed by atoms with van der Waals surface area (Å²) in [7, 11) is -4.19. The van der Waals surface area contributed by atoms with Crippen molar-refractivity contribution >= 4 is 56.8 Å². The summed E-state index contributed by atoms with van der Waals surface area (Å²) in [4.78, 5) is 33.8. The highest BCUT2D eigenvalue weighted by molar-refractivity contribution is 7.99. The van der Waals surface area contributed by atoms with Crippen LogP contribution in [0.25, 0.3) is 0 Å². The number of anilines is 2. The third-order valence-electron chi connectivity index (χ3n) is 5.05. The zero-order valence-corrected chi connectivity index (χ0v) is 22.2. The van der Waals surface area contributed by atoms with Crippen LogP contribution in [0.2, 0.25) is 5.02 Å². The maximum absolute atomic E-state index is 12.6. The number of hydrogen-bond donors (Lipinski definition) is 3. The number of benzene rings is 3. The molecule has 0 unspecified atom stereocenters. The van der Waals surface area contributed by atoms with Crippen molar-refractivity contribution in [3.63, 3.8) is 0 Å². The van der Waals surface area contributed by atoms with Crippen LogP contribution >= 0.6 is 23.4 Å². The molecular weight excluding hydrogens is 546 g/mol. The Bertz CT molecular complexity index is 1520. The molecule has 0 saturated carbocycles. The molecule has 3 N–H and O–H groups in total. The molecule has 3 aromatic carbocycles. The molecule has 12 heteroatoms. The number of carbonyl (C=O) groups is 2. The van der Waals surface area contributed by atoms with Crippen LogP contribution in [0, 0.1) is 0 Å². The molecule has 1 aromatic heterocycles. The molecule has 0 fully saturated rings. The molecule has 0 aliphatic heterocycles. The summed E-state index contributed by atoms with van der Waals surface area (Å²) < 4.78 is 27.3. The maximum Gasteiger partial charge on any atom is 0.267 e.